The Kier molecular flexibility index (Phi) is 6.57. The van der Waals surface area contributed by atoms with Crippen LogP contribution in [0.1, 0.15) is 24.0 Å². The number of amides is 1. The molecule has 0 aliphatic heterocycles. The average Bonchev–Trinajstić information content (AvgIpc) is 3.39. The molecule has 0 bridgehead atoms. The summed E-state index contributed by atoms with van der Waals surface area (Å²) in [6.07, 6.45) is 0. The van der Waals surface area contributed by atoms with Crippen LogP contribution in [0, 0.1) is 13.8 Å². The van der Waals surface area contributed by atoms with E-state index in [1.807, 2.05) is 48.7 Å². The number of hydrogen-bond acceptors (Lipinski definition) is 7. The molecule has 2 aromatic heterocycles. The summed E-state index contributed by atoms with van der Waals surface area (Å²) < 4.78 is 7.50. The van der Waals surface area contributed by atoms with Gasteiger partial charge in [0.2, 0.25) is 5.91 Å². The first-order chi connectivity index (χ1) is 15.5. The third kappa shape index (κ3) is 4.39. The smallest absolute Gasteiger partial charge is 0.230 e. The number of benzene rings is 2. The van der Waals surface area contributed by atoms with Gasteiger partial charge in [-0.25, -0.2) is 4.98 Å². The molecule has 4 aromatic rings. The molecule has 32 heavy (non-hydrogen) atoms. The number of rotatable bonds is 7. The highest BCUT2D eigenvalue weighted by Gasteiger charge is 2.21. The molecule has 7 nitrogen and oxygen atoms in total. The second kappa shape index (κ2) is 9.54. The highest BCUT2D eigenvalue weighted by Crippen LogP contribution is 2.36. The van der Waals surface area contributed by atoms with Gasteiger partial charge in [-0.2, -0.15) is 0 Å². The van der Waals surface area contributed by atoms with Crippen LogP contribution in [-0.4, -0.2) is 32.8 Å². The maximum Gasteiger partial charge on any atom is 0.230 e. The molecule has 1 amide bonds. The number of thioether (sulfide) groups is 1. The van der Waals surface area contributed by atoms with E-state index in [1.165, 1.54) is 18.3 Å². The molecule has 0 spiro atoms. The van der Waals surface area contributed by atoms with E-state index in [4.69, 9.17) is 9.72 Å². The number of methoxy groups -OCH3 is 1. The number of anilines is 2. The number of ether oxygens (including phenoxy) is 1. The Bertz CT molecular complexity index is 1250. The molecule has 0 saturated carbocycles. The summed E-state index contributed by atoms with van der Waals surface area (Å²) in [5.41, 5.74) is 3.76. The molecule has 0 N–H and O–H groups in total. The fraction of sp³-hybridized carbons (Fsp3) is 0.217. The van der Waals surface area contributed by atoms with Crippen molar-refractivity contribution >= 4 is 39.8 Å². The summed E-state index contributed by atoms with van der Waals surface area (Å²) in [4.78, 5) is 18.7. The third-order valence-corrected chi connectivity index (χ3v) is 6.71. The number of aromatic nitrogens is 4. The zero-order valence-electron chi connectivity index (χ0n) is 18.3. The van der Waals surface area contributed by atoms with Crippen LogP contribution in [0.3, 0.4) is 0 Å². The van der Waals surface area contributed by atoms with Crippen molar-refractivity contribution in [1.29, 1.82) is 0 Å². The molecule has 0 atom stereocenters. The molecule has 2 heterocycles. The molecule has 4 rings (SSSR count). The normalized spacial score (nSPS) is 10.9. The minimum absolute atomic E-state index is 0.127. The lowest BCUT2D eigenvalue weighted by molar-refractivity contribution is -0.115. The fourth-order valence-electron chi connectivity index (χ4n) is 3.35. The number of carbonyl (C=O) groups is 1. The summed E-state index contributed by atoms with van der Waals surface area (Å²) >= 11 is 2.99. The van der Waals surface area contributed by atoms with Crippen molar-refractivity contribution in [2.75, 3.05) is 12.0 Å². The third-order valence-electron chi connectivity index (χ3n) is 4.87. The SMILES string of the molecule is COc1ccccc1N(C(C)=O)c1nc(CSc2nnc(C)n2-c2ccccc2C)cs1. The van der Waals surface area contributed by atoms with E-state index >= 15 is 0 Å². The molecule has 2 aromatic carbocycles. The van der Waals surface area contributed by atoms with E-state index in [-0.39, 0.29) is 5.91 Å². The summed E-state index contributed by atoms with van der Waals surface area (Å²) in [5, 5.41) is 12.0. The van der Waals surface area contributed by atoms with Crippen molar-refractivity contribution in [3.05, 3.63) is 71.0 Å². The lowest BCUT2D eigenvalue weighted by Gasteiger charge is -2.20. The molecular weight excluding hydrogens is 442 g/mol. The largest absolute Gasteiger partial charge is 0.495 e. The number of aryl methyl sites for hydroxylation is 2. The Labute approximate surface area is 195 Å². The zero-order chi connectivity index (χ0) is 22.7. The van der Waals surface area contributed by atoms with Gasteiger partial charge in [0, 0.05) is 18.1 Å². The van der Waals surface area contributed by atoms with E-state index in [0.717, 1.165) is 27.9 Å². The highest BCUT2D eigenvalue weighted by molar-refractivity contribution is 7.98. The molecule has 0 aliphatic rings. The van der Waals surface area contributed by atoms with E-state index in [9.17, 15) is 4.79 Å². The van der Waals surface area contributed by atoms with Gasteiger partial charge >= 0.3 is 0 Å². The van der Waals surface area contributed by atoms with Crippen molar-refractivity contribution < 1.29 is 9.53 Å². The topological polar surface area (TPSA) is 73.1 Å². The number of para-hydroxylation sites is 3. The Morgan fingerprint density at radius 3 is 2.62 bits per heavy atom. The van der Waals surface area contributed by atoms with Gasteiger partial charge in [-0.1, -0.05) is 42.1 Å². The van der Waals surface area contributed by atoms with E-state index in [1.54, 1.807) is 23.8 Å². The average molecular weight is 466 g/mol. The van der Waals surface area contributed by atoms with Crippen LogP contribution in [0.2, 0.25) is 0 Å². The Morgan fingerprint density at radius 1 is 1.12 bits per heavy atom. The number of carbonyl (C=O) groups excluding carboxylic acids is 1. The zero-order valence-corrected chi connectivity index (χ0v) is 19.9. The maximum absolute atomic E-state index is 12.4. The maximum atomic E-state index is 12.4. The van der Waals surface area contributed by atoms with Crippen LogP contribution in [-0.2, 0) is 10.5 Å². The van der Waals surface area contributed by atoms with Crippen molar-refractivity contribution in [3.63, 3.8) is 0 Å². The van der Waals surface area contributed by atoms with E-state index < -0.39 is 0 Å². The number of nitrogens with zero attached hydrogens (tertiary/aromatic N) is 5. The molecule has 0 fully saturated rings. The van der Waals surface area contributed by atoms with Crippen LogP contribution in [0.25, 0.3) is 5.69 Å². The quantitative estimate of drug-likeness (QED) is 0.344. The van der Waals surface area contributed by atoms with Gasteiger partial charge in [0.05, 0.1) is 24.2 Å². The second-order valence-corrected chi connectivity index (χ2v) is 8.87. The molecular formula is C23H23N5O2S2. The van der Waals surface area contributed by atoms with Gasteiger partial charge in [0.15, 0.2) is 10.3 Å². The van der Waals surface area contributed by atoms with Crippen molar-refractivity contribution in [1.82, 2.24) is 19.7 Å². The van der Waals surface area contributed by atoms with Crippen molar-refractivity contribution in [3.8, 4) is 11.4 Å². The highest BCUT2D eigenvalue weighted by atomic mass is 32.2. The van der Waals surface area contributed by atoms with E-state index in [2.05, 4.69) is 33.8 Å². The Hall–Kier alpha value is -3.17. The first kappa shape index (κ1) is 22.0. The van der Waals surface area contributed by atoms with Crippen LogP contribution in [0.5, 0.6) is 5.75 Å². The van der Waals surface area contributed by atoms with Crippen molar-refractivity contribution in [2.45, 2.75) is 31.7 Å². The van der Waals surface area contributed by atoms with Gasteiger partial charge in [-0.3, -0.25) is 14.3 Å². The predicted molar refractivity (Wildman–Crippen MR) is 128 cm³/mol. The first-order valence-electron chi connectivity index (χ1n) is 9.98. The van der Waals surface area contributed by atoms with Crippen LogP contribution < -0.4 is 9.64 Å². The van der Waals surface area contributed by atoms with Crippen LogP contribution in [0.15, 0.2) is 59.1 Å². The number of hydrogen-bond donors (Lipinski definition) is 0. The first-order valence-corrected chi connectivity index (χ1v) is 11.8. The monoisotopic (exact) mass is 465 g/mol. The molecule has 0 saturated heterocycles. The summed E-state index contributed by atoms with van der Waals surface area (Å²) in [6.45, 7) is 5.54. The fourth-order valence-corrected chi connectivity index (χ4v) is 5.22. The second-order valence-electron chi connectivity index (χ2n) is 7.09. The van der Waals surface area contributed by atoms with E-state index in [0.29, 0.717) is 22.3 Å². The van der Waals surface area contributed by atoms with Crippen molar-refractivity contribution in [2.24, 2.45) is 0 Å². The lowest BCUT2D eigenvalue weighted by atomic mass is 10.2. The Morgan fingerprint density at radius 2 is 1.88 bits per heavy atom. The molecule has 164 valence electrons. The summed E-state index contributed by atoms with van der Waals surface area (Å²) in [7, 11) is 1.59. The van der Waals surface area contributed by atoms with Crippen LogP contribution >= 0.6 is 23.1 Å². The summed E-state index contributed by atoms with van der Waals surface area (Å²) in [5.74, 6) is 1.94. The number of thiazole rings is 1. The predicted octanol–water partition coefficient (Wildman–Crippen LogP) is 5.33. The minimum atomic E-state index is -0.127. The molecule has 9 heteroatoms. The molecule has 0 radical (unpaired) electrons. The summed E-state index contributed by atoms with van der Waals surface area (Å²) in [6, 6.07) is 15.6. The minimum Gasteiger partial charge on any atom is -0.495 e. The van der Waals surface area contributed by atoms with Gasteiger partial charge < -0.3 is 4.74 Å². The lowest BCUT2D eigenvalue weighted by Crippen LogP contribution is -2.23. The Balaban J connectivity index is 1.57. The standard InChI is InChI=1S/C23H23N5O2S2/c1-15-9-5-6-10-19(15)27-16(2)25-26-23(27)32-14-18-13-31-22(24-18)28(17(3)29)20-11-7-8-12-21(20)30-4/h5-13H,14H2,1-4H3. The van der Waals surface area contributed by atoms with Crippen LogP contribution in [0.4, 0.5) is 10.8 Å². The van der Waals surface area contributed by atoms with Gasteiger partial charge in [-0.15, -0.1) is 21.5 Å². The molecule has 0 unspecified atom stereocenters. The molecule has 0 aliphatic carbocycles. The van der Waals surface area contributed by atoms with Gasteiger partial charge in [-0.05, 0) is 37.6 Å². The van der Waals surface area contributed by atoms with Gasteiger partial charge in [0.1, 0.15) is 11.6 Å². The van der Waals surface area contributed by atoms with Gasteiger partial charge in [0.25, 0.3) is 0 Å².